The number of hydrogen-bond acceptors (Lipinski definition) is 4. The van der Waals surface area contributed by atoms with Gasteiger partial charge in [0, 0.05) is 30.2 Å². The highest BCUT2D eigenvalue weighted by atomic mass is 32.2. The van der Waals surface area contributed by atoms with Gasteiger partial charge in [0.05, 0.1) is 11.6 Å². The average molecular weight is 335 g/mol. The van der Waals surface area contributed by atoms with E-state index in [0.29, 0.717) is 12.3 Å². The van der Waals surface area contributed by atoms with Crippen LogP contribution in [-0.2, 0) is 9.59 Å². The van der Waals surface area contributed by atoms with E-state index in [2.05, 4.69) is 29.4 Å². The number of amides is 2. The highest BCUT2D eigenvalue weighted by molar-refractivity contribution is 7.99. The van der Waals surface area contributed by atoms with E-state index in [4.69, 9.17) is 0 Å². The first-order valence-corrected chi connectivity index (χ1v) is 9.14. The highest BCUT2D eigenvalue weighted by Gasteiger charge is 2.26. The molecule has 2 rings (SSSR count). The number of thioether (sulfide) groups is 1. The van der Waals surface area contributed by atoms with Crippen molar-refractivity contribution >= 4 is 29.3 Å². The van der Waals surface area contributed by atoms with Gasteiger partial charge in [-0.25, -0.2) is 0 Å². The normalized spacial score (nSPS) is 17.3. The third-order valence-electron chi connectivity index (χ3n) is 4.03. The predicted molar refractivity (Wildman–Crippen MR) is 94.7 cm³/mol. The van der Waals surface area contributed by atoms with E-state index in [-0.39, 0.29) is 24.2 Å². The Morgan fingerprint density at radius 2 is 2.09 bits per heavy atom. The fourth-order valence-corrected chi connectivity index (χ4v) is 3.64. The molecule has 5 nitrogen and oxygen atoms in total. The molecule has 1 aromatic carbocycles. The summed E-state index contributed by atoms with van der Waals surface area (Å²) in [6.45, 7) is 7.64. The number of fused-ring (bicyclic) bond motifs is 1. The summed E-state index contributed by atoms with van der Waals surface area (Å²) in [6.07, 6.45) is 0.241. The van der Waals surface area contributed by atoms with Gasteiger partial charge in [0.2, 0.25) is 11.8 Å². The fraction of sp³-hybridized carbons (Fsp3) is 0.529. The number of carbonyl (C=O) groups is 2. The molecular formula is C17H25N3O2S. The first-order chi connectivity index (χ1) is 11.1. The number of benzene rings is 1. The van der Waals surface area contributed by atoms with Crippen LogP contribution in [0.4, 0.5) is 5.69 Å². The van der Waals surface area contributed by atoms with Crippen molar-refractivity contribution in [3.8, 4) is 0 Å². The van der Waals surface area contributed by atoms with Gasteiger partial charge in [0.15, 0.2) is 0 Å². The molecule has 0 aliphatic carbocycles. The van der Waals surface area contributed by atoms with Crippen molar-refractivity contribution in [1.29, 1.82) is 0 Å². The highest BCUT2D eigenvalue weighted by Crippen LogP contribution is 2.32. The van der Waals surface area contributed by atoms with Gasteiger partial charge in [0.1, 0.15) is 0 Å². The zero-order chi connectivity index (χ0) is 16.7. The largest absolute Gasteiger partial charge is 0.355 e. The van der Waals surface area contributed by atoms with Crippen molar-refractivity contribution in [2.45, 2.75) is 25.2 Å². The Morgan fingerprint density at radius 3 is 2.83 bits per heavy atom. The summed E-state index contributed by atoms with van der Waals surface area (Å²) in [4.78, 5) is 27.7. The smallest absolute Gasteiger partial charge is 0.228 e. The van der Waals surface area contributed by atoms with Gasteiger partial charge in [-0.1, -0.05) is 26.0 Å². The number of nitrogens with one attached hydrogen (secondary N) is 2. The summed E-state index contributed by atoms with van der Waals surface area (Å²) < 4.78 is 0. The number of anilines is 1. The van der Waals surface area contributed by atoms with Crippen molar-refractivity contribution in [2.24, 2.45) is 5.92 Å². The summed E-state index contributed by atoms with van der Waals surface area (Å²) in [6, 6.07) is 7.75. The molecule has 1 aromatic rings. The molecule has 0 aromatic heterocycles. The van der Waals surface area contributed by atoms with Gasteiger partial charge in [0.25, 0.3) is 0 Å². The summed E-state index contributed by atoms with van der Waals surface area (Å²) in [5.41, 5.74) is 0.840. The van der Waals surface area contributed by atoms with Crippen molar-refractivity contribution in [3.05, 3.63) is 24.3 Å². The van der Waals surface area contributed by atoms with Gasteiger partial charge in [-0.3, -0.25) is 9.59 Å². The Balaban J connectivity index is 1.81. The second-order valence-corrected chi connectivity index (χ2v) is 6.64. The van der Waals surface area contributed by atoms with Crippen LogP contribution in [0.15, 0.2) is 29.2 Å². The van der Waals surface area contributed by atoms with Gasteiger partial charge in [-0.15, -0.1) is 11.8 Å². The van der Waals surface area contributed by atoms with Crippen molar-refractivity contribution in [3.63, 3.8) is 0 Å². The Hall–Kier alpha value is -1.53. The van der Waals surface area contributed by atoms with Gasteiger partial charge >= 0.3 is 0 Å². The molecular weight excluding hydrogens is 310 g/mol. The zero-order valence-electron chi connectivity index (χ0n) is 13.8. The zero-order valence-corrected chi connectivity index (χ0v) is 14.6. The number of rotatable bonds is 7. The SMILES string of the molecule is CCN(CC)CCNC(=O)C[C@@H]1CSc2ccccc2NC1=O. The minimum Gasteiger partial charge on any atom is -0.355 e. The Morgan fingerprint density at radius 1 is 1.35 bits per heavy atom. The quantitative estimate of drug-likeness (QED) is 0.802. The standard InChI is InChI=1S/C17H25N3O2S/c1-3-20(4-2)10-9-18-16(21)11-13-12-23-15-8-6-5-7-14(15)19-17(13)22/h5-8,13H,3-4,9-12H2,1-2H3,(H,18,21)(H,19,22)/t13-/m1/s1. The molecule has 1 atom stereocenters. The number of nitrogens with zero attached hydrogens (tertiary/aromatic N) is 1. The molecule has 23 heavy (non-hydrogen) atoms. The summed E-state index contributed by atoms with van der Waals surface area (Å²) in [5, 5.41) is 5.84. The molecule has 0 radical (unpaired) electrons. The van der Waals surface area contributed by atoms with E-state index in [1.54, 1.807) is 11.8 Å². The van der Waals surface area contributed by atoms with Crippen LogP contribution in [0.25, 0.3) is 0 Å². The lowest BCUT2D eigenvalue weighted by Gasteiger charge is -2.18. The van der Waals surface area contributed by atoms with E-state index in [0.717, 1.165) is 30.2 Å². The summed E-state index contributed by atoms with van der Waals surface area (Å²) in [7, 11) is 0. The van der Waals surface area contributed by atoms with Crippen molar-refractivity contribution in [1.82, 2.24) is 10.2 Å². The van der Waals surface area contributed by atoms with Crippen molar-refractivity contribution < 1.29 is 9.59 Å². The van der Waals surface area contributed by atoms with E-state index in [1.807, 2.05) is 24.3 Å². The molecule has 1 heterocycles. The topological polar surface area (TPSA) is 61.4 Å². The van der Waals surface area contributed by atoms with E-state index in [9.17, 15) is 9.59 Å². The minimum absolute atomic E-state index is 0.0520. The fourth-order valence-electron chi connectivity index (χ4n) is 2.54. The van der Waals surface area contributed by atoms with Crippen LogP contribution >= 0.6 is 11.8 Å². The maximum absolute atomic E-state index is 12.3. The first kappa shape index (κ1) is 17.8. The van der Waals surface area contributed by atoms with Crippen molar-refractivity contribution in [2.75, 3.05) is 37.2 Å². The molecule has 1 aliphatic rings. The molecule has 0 saturated carbocycles. The minimum atomic E-state index is -0.291. The summed E-state index contributed by atoms with van der Waals surface area (Å²) in [5.74, 6) is 0.220. The third kappa shape index (κ3) is 5.25. The van der Waals surface area contributed by atoms with Crippen LogP contribution in [0.5, 0.6) is 0 Å². The van der Waals surface area contributed by atoms with Crippen LogP contribution in [0.3, 0.4) is 0 Å². The molecule has 126 valence electrons. The van der Waals surface area contributed by atoms with E-state index < -0.39 is 0 Å². The van der Waals surface area contributed by atoms with Crippen LogP contribution in [0.1, 0.15) is 20.3 Å². The molecule has 2 amide bonds. The molecule has 0 fully saturated rings. The molecule has 0 saturated heterocycles. The second kappa shape index (κ2) is 8.93. The number of para-hydroxylation sites is 1. The van der Waals surface area contributed by atoms with Gasteiger partial charge < -0.3 is 15.5 Å². The molecule has 0 unspecified atom stereocenters. The number of carbonyl (C=O) groups excluding carboxylic acids is 2. The van der Waals surface area contributed by atoms with E-state index >= 15 is 0 Å². The number of hydrogen-bond donors (Lipinski definition) is 2. The van der Waals surface area contributed by atoms with Crippen LogP contribution in [0, 0.1) is 5.92 Å². The molecule has 0 bridgehead atoms. The van der Waals surface area contributed by atoms with Crippen LogP contribution in [0.2, 0.25) is 0 Å². The lowest BCUT2D eigenvalue weighted by molar-refractivity contribution is -0.126. The average Bonchev–Trinajstić information content (AvgIpc) is 2.71. The monoisotopic (exact) mass is 335 g/mol. The second-order valence-electron chi connectivity index (χ2n) is 5.57. The predicted octanol–water partition coefficient (Wildman–Crippen LogP) is 2.20. The lowest BCUT2D eigenvalue weighted by atomic mass is 10.1. The molecule has 0 spiro atoms. The maximum Gasteiger partial charge on any atom is 0.228 e. The maximum atomic E-state index is 12.3. The number of likely N-dealkylation sites (N-methyl/N-ethyl adjacent to an activating group) is 1. The van der Waals surface area contributed by atoms with Crippen LogP contribution in [-0.4, -0.2) is 48.6 Å². The Bertz CT molecular complexity index is 546. The lowest BCUT2D eigenvalue weighted by Crippen LogP contribution is -2.37. The molecule has 1 aliphatic heterocycles. The Labute approximate surface area is 142 Å². The van der Waals surface area contributed by atoms with Gasteiger partial charge in [-0.2, -0.15) is 0 Å². The Kier molecular flexibility index (Phi) is 6.92. The summed E-state index contributed by atoms with van der Waals surface area (Å²) >= 11 is 1.63. The van der Waals surface area contributed by atoms with Gasteiger partial charge in [-0.05, 0) is 25.2 Å². The molecule has 2 N–H and O–H groups in total. The third-order valence-corrected chi connectivity index (χ3v) is 5.27. The van der Waals surface area contributed by atoms with Crippen LogP contribution < -0.4 is 10.6 Å². The molecule has 6 heteroatoms. The first-order valence-electron chi connectivity index (χ1n) is 8.15. The van der Waals surface area contributed by atoms with E-state index in [1.165, 1.54) is 0 Å².